The second kappa shape index (κ2) is 9.80. The van der Waals surface area contributed by atoms with Gasteiger partial charge in [0.15, 0.2) is 0 Å². The predicted octanol–water partition coefficient (Wildman–Crippen LogP) is 5.12. The van der Waals surface area contributed by atoms with Crippen molar-refractivity contribution in [2.75, 3.05) is 26.8 Å². The van der Waals surface area contributed by atoms with E-state index in [1.165, 1.54) is 11.3 Å². The number of methoxy groups -OCH3 is 1. The molecule has 4 rings (SSSR count). The minimum atomic E-state index is -0.232. The Morgan fingerprint density at radius 3 is 2.63 bits per heavy atom. The normalized spacial score (nSPS) is 14.6. The highest BCUT2D eigenvalue weighted by atomic mass is 32.1. The maximum Gasteiger partial charge on any atom is 0.410 e. The van der Waals surface area contributed by atoms with E-state index in [4.69, 9.17) is 14.2 Å². The first-order valence-electron chi connectivity index (χ1n) is 10.2. The van der Waals surface area contributed by atoms with Gasteiger partial charge in [0.2, 0.25) is 0 Å². The summed E-state index contributed by atoms with van der Waals surface area (Å²) < 4.78 is 16.7. The maximum absolute atomic E-state index is 12.2. The largest absolute Gasteiger partial charge is 0.497 e. The van der Waals surface area contributed by atoms with Gasteiger partial charge >= 0.3 is 6.09 Å². The van der Waals surface area contributed by atoms with Gasteiger partial charge in [0, 0.05) is 19.3 Å². The zero-order valence-corrected chi connectivity index (χ0v) is 17.9. The molecule has 1 aliphatic rings. The molecule has 1 fully saturated rings. The Balaban J connectivity index is 1.19. The van der Waals surface area contributed by atoms with Crippen LogP contribution in [-0.2, 0) is 11.3 Å². The van der Waals surface area contributed by atoms with E-state index in [1.807, 2.05) is 24.3 Å². The average Bonchev–Trinajstić information content (AvgIpc) is 3.31. The Kier molecular flexibility index (Phi) is 6.69. The van der Waals surface area contributed by atoms with Crippen LogP contribution in [0.1, 0.15) is 24.1 Å². The van der Waals surface area contributed by atoms with Gasteiger partial charge in [-0.3, -0.25) is 4.98 Å². The second-order valence-electron chi connectivity index (χ2n) is 7.46. The van der Waals surface area contributed by atoms with Gasteiger partial charge in [0.25, 0.3) is 0 Å². The second-order valence-corrected chi connectivity index (χ2v) is 8.44. The van der Waals surface area contributed by atoms with Crippen molar-refractivity contribution in [3.05, 3.63) is 53.0 Å². The zero-order valence-electron chi connectivity index (χ0n) is 17.1. The number of amides is 1. The Morgan fingerprint density at radius 1 is 1.13 bits per heavy atom. The number of ether oxygens (including phenoxy) is 3. The Labute approximate surface area is 180 Å². The number of benzene rings is 2. The monoisotopic (exact) mass is 426 g/mol. The first kappa shape index (κ1) is 20.5. The van der Waals surface area contributed by atoms with Crippen molar-refractivity contribution in [3.63, 3.8) is 0 Å². The van der Waals surface area contributed by atoms with Gasteiger partial charge in [-0.25, -0.2) is 4.79 Å². The van der Waals surface area contributed by atoms with Gasteiger partial charge < -0.3 is 19.1 Å². The van der Waals surface area contributed by atoms with Gasteiger partial charge in [-0.1, -0.05) is 12.1 Å². The molecule has 0 unspecified atom stereocenters. The van der Waals surface area contributed by atoms with Gasteiger partial charge in [-0.05, 0) is 60.2 Å². The quantitative estimate of drug-likeness (QED) is 0.525. The van der Waals surface area contributed by atoms with E-state index in [2.05, 4.69) is 17.1 Å². The molecule has 0 saturated carbocycles. The number of hydrogen-bond acceptors (Lipinski definition) is 6. The van der Waals surface area contributed by atoms with Crippen LogP contribution in [-0.4, -0.2) is 42.8 Å². The lowest BCUT2D eigenvalue weighted by atomic mass is 9.94. The van der Waals surface area contributed by atoms with Crippen molar-refractivity contribution in [1.29, 1.82) is 0 Å². The van der Waals surface area contributed by atoms with E-state index in [1.54, 1.807) is 23.7 Å². The number of carbonyl (C=O) groups excluding carboxylic acids is 1. The number of thiazole rings is 1. The Hall–Kier alpha value is -2.80. The summed E-state index contributed by atoms with van der Waals surface area (Å²) in [6.45, 7) is 2.45. The first-order chi connectivity index (χ1) is 14.7. The molecule has 0 radical (unpaired) electrons. The number of rotatable bonds is 7. The third-order valence-corrected chi connectivity index (χ3v) is 6.26. The molecule has 6 nitrogen and oxygen atoms in total. The molecular formula is C23H26N2O4S. The van der Waals surface area contributed by atoms with Crippen LogP contribution < -0.4 is 9.47 Å². The molecule has 30 heavy (non-hydrogen) atoms. The maximum atomic E-state index is 12.2. The minimum Gasteiger partial charge on any atom is -0.497 e. The van der Waals surface area contributed by atoms with Crippen molar-refractivity contribution in [2.45, 2.75) is 25.9 Å². The summed E-state index contributed by atoms with van der Waals surface area (Å²) in [5, 5.41) is 2.27. The summed E-state index contributed by atoms with van der Waals surface area (Å²) in [7, 11) is 1.67. The van der Waals surface area contributed by atoms with E-state index in [0.29, 0.717) is 19.1 Å². The zero-order chi connectivity index (χ0) is 20.8. The Morgan fingerprint density at radius 2 is 1.90 bits per heavy atom. The minimum absolute atomic E-state index is 0.232. The highest BCUT2D eigenvalue weighted by Gasteiger charge is 2.23. The Bertz CT molecular complexity index is 969. The summed E-state index contributed by atoms with van der Waals surface area (Å²) in [6.07, 6.45) is 4.45. The van der Waals surface area contributed by atoms with Crippen molar-refractivity contribution < 1.29 is 19.0 Å². The SMILES string of the molecule is COc1ccc2ccc(OCCC3CCN(C(=O)OCc4cncs4)CC3)cc2c1. The highest BCUT2D eigenvalue weighted by molar-refractivity contribution is 7.09. The first-order valence-corrected chi connectivity index (χ1v) is 11.1. The summed E-state index contributed by atoms with van der Waals surface area (Å²) in [4.78, 5) is 19.0. The molecule has 2 heterocycles. The summed E-state index contributed by atoms with van der Waals surface area (Å²) in [6, 6.07) is 12.2. The fourth-order valence-electron chi connectivity index (χ4n) is 3.70. The van der Waals surface area contributed by atoms with E-state index < -0.39 is 0 Å². The lowest BCUT2D eigenvalue weighted by molar-refractivity contribution is 0.0807. The van der Waals surface area contributed by atoms with Crippen LogP contribution in [0.4, 0.5) is 4.79 Å². The van der Waals surface area contributed by atoms with Crippen molar-refractivity contribution in [1.82, 2.24) is 9.88 Å². The molecule has 0 N–H and O–H groups in total. The standard InChI is InChI=1S/C23H26N2O4S/c1-27-20-4-2-18-3-5-21(13-19(18)12-20)28-11-8-17-6-9-25(10-7-17)23(26)29-15-22-14-24-16-30-22/h2-5,12-14,16-17H,6-11,15H2,1H3. The van der Waals surface area contributed by atoms with E-state index in [9.17, 15) is 4.79 Å². The van der Waals surface area contributed by atoms with Crippen LogP contribution in [0.25, 0.3) is 10.8 Å². The molecule has 0 aliphatic carbocycles. The van der Waals surface area contributed by atoms with E-state index in [-0.39, 0.29) is 6.09 Å². The fraction of sp³-hybridized carbons (Fsp3) is 0.391. The van der Waals surface area contributed by atoms with Gasteiger partial charge in [-0.15, -0.1) is 11.3 Å². The summed E-state index contributed by atoms with van der Waals surface area (Å²) >= 11 is 1.49. The highest BCUT2D eigenvalue weighted by Crippen LogP contribution is 2.26. The summed E-state index contributed by atoms with van der Waals surface area (Å²) in [5.41, 5.74) is 1.74. The third kappa shape index (κ3) is 5.21. The smallest absolute Gasteiger partial charge is 0.410 e. The molecule has 3 aromatic rings. The lowest BCUT2D eigenvalue weighted by Gasteiger charge is -2.31. The lowest BCUT2D eigenvalue weighted by Crippen LogP contribution is -2.39. The van der Waals surface area contributed by atoms with Gasteiger partial charge in [0.1, 0.15) is 18.1 Å². The predicted molar refractivity (Wildman–Crippen MR) is 117 cm³/mol. The van der Waals surface area contributed by atoms with E-state index >= 15 is 0 Å². The van der Waals surface area contributed by atoms with Gasteiger partial charge in [0.05, 0.1) is 24.1 Å². The fourth-order valence-corrected chi connectivity index (χ4v) is 4.21. The number of piperidine rings is 1. The summed E-state index contributed by atoms with van der Waals surface area (Å²) in [5.74, 6) is 2.29. The average molecular weight is 427 g/mol. The molecule has 0 spiro atoms. The number of fused-ring (bicyclic) bond motifs is 1. The van der Waals surface area contributed by atoms with Crippen LogP contribution in [0.15, 0.2) is 48.1 Å². The number of aromatic nitrogens is 1. The molecule has 1 saturated heterocycles. The molecule has 0 atom stereocenters. The van der Waals surface area contributed by atoms with Crippen LogP contribution in [0, 0.1) is 5.92 Å². The molecule has 2 aromatic carbocycles. The number of carbonyl (C=O) groups is 1. The van der Waals surface area contributed by atoms with Crippen LogP contribution >= 0.6 is 11.3 Å². The topological polar surface area (TPSA) is 60.9 Å². The molecule has 1 aliphatic heterocycles. The molecule has 1 aromatic heterocycles. The molecule has 0 bridgehead atoms. The number of nitrogens with zero attached hydrogens (tertiary/aromatic N) is 2. The molecule has 7 heteroatoms. The number of likely N-dealkylation sites (tertiary alicyclic amines) is 1. The molecule has 1 amide bonds. The van der Waals surface area contributed by atoms with Crippen molar-refractivity contribution in [3.8, 4) is 11.5 Å². The molecular weight excluding hydrogens is 400 g/mol. The molecule has 158 valence electrons. The van der Waals surface area contributed by atoms with Crippen LogP contribution in [0.3, 0.4) is 0 Å². The van der Waals surface area contributed by atoms with Gasteiger partial charge in [-0.2, -0.15) is 0 Å². The number of hydrogen-bond donors (Lipinski definition) is 0. The third-order valence-electron chi connectivity index (χ3n) is 5.51. The van der Waals surface area contributed by atoms with Crippen LogP contribution in [0.2, 0.25) is 0 Å². The van der Waals surface area contributed by atoms with E-state index in [0.717, 1.165) is 59.5 Å². The van der Waals surface area contributed by atoms with Crippen molar-refractivity contribution in [2.24, 2.45) is 5.92 Å². The van der Waals surface area contributed by atoms with Crippen LogP contribution in [0.5, 0.6) is 11.5 Å². The van der Waals surface area contributed by atoms with Crippen molar-refractivity contribution >= 4 is 28.2 Å².